The van der Waals surface area contributed by atoms with Crippen molar-refractivity contribution < 1.29 is 22.3 Å². The summed E-state index contributed by atoms with van der Waals surface area (Å²) in [5.74, 6) is -0.548. The Bertz CT molecular complexity index is 401. The normalized spacial score (nSPS) is 13.6. The van der Waals surface area contributed by atoms with Gasteiger partial charge in [-0.1, -0.05) is 0 Å². The zero-order valence-electron chi connectivity index (χ0n) is 9.44. The third kappa shape index (κ3) is 3.89. The number of hydrogen-bond donors (Lipinski definition) is 1. The van der Waals surface area contributed by atoms with E-state index in [1.54, 1.807) is 6.92 Å². The van der Waals surface area contributed by atoms with E-state index >= 15 is 0 Å². The van der Waals surface area contributed by atoms with Crippen LogP contribution in [0.5, 0.6) is 5.75 Å². The molecule has 1 rings (SSSR count). The third-order valence-electron chi connectivity index (χ3n) is 2.17. The fourth-order valence-corrected chi connectivity index (χ4v) is 1.31. The van der Waals surface area contributed by atoms with Gasteiger partial charge in [0.15, 0.2) is 6.61 Å². The molecule has 1 aromatic rings. The van der Waals surface area contributed by atoms with Crippen LogP contribution in [0.15, 0.2) is 12.1 Å². The number of halogens is 4. The fraction of sp³-hybridized carbons (Fsp3) is 0.455. The highest BCUT2D eigenvalue weighted by molar-refractivity contribution is 5.39. The second-order valence-electron chi connectivity index (χ2n) is 3.83. The first-order valence-electron chi connectivity index (χ1n) is 4.96. The van der Waals surface area contributed by atoms with Gasteiger partial charge in [-0.15, -0.1) is 0 Å². The minimum Gasteiger partial charge on any atom is -0.484 e. The SMILES string of the molecule is Cc1cc(OCC(F)(F)F)c([C@@H](C)N)cc1F. The van der Waals surface area contributed by atoms with Crippen LogP contribution in [0.2, 0.25) is 0 Å². The Labute approximate surface area is 96.4 Å². The quantitative estimate of drug-likeness (QED) is 0.838. The number of hydrogen-bond acceptors (Lipinski definition) is 2. The third-order valence-corrected chi connectivity index (χ3v) is 2.17. The maximum absolute atomic E-state index is 13.3. The zero-order chi connectivity index (χ0) is 13.2. The summed E-state index contributed by atoms with van der Waals surface area (Å²) in [4.78, 5) is 0. The van der Waals surface area contributed by atoms with E-state index in [2.05, 4.69) is 4.74 Å². The van der Waals surface area contributed by atoms with Crippen molar-refractivity contribution in [1.29, 1.82) is 0 Å². The van der Waals surface area contributed by atoms with Gasteiger partial charge in [0.1, 0.15) is 11.6 Å². The fourth-order valence-electron chi connectivity index (χ4n) is 1.31. The predicted octanol–water partition coefficient (Wildman–Crippen LogP) is 3.09. The van der Waals surface area contributed by atoms with Crippen LogP contribution in [0.1, 0.15) is 24.1 Å². The highest BCUT2D eigenvalue weighted by Crippen LogP contribution is 2.28. The van der Waals surface area contributed by atoms with Crippen molar-refractivity contribution in [2.75, 3.05) is 6.61 Å². The summed E-state index contributed by atoms with van der Waals surface area (Å²) in [5, 5.41) is 0. The highest BCUT2D eigenvalue weighted by Gasteiger charge is 2.29. The molecule has 0 unspecified atom stereocenters. The molecule has 1 aromatic carbocycles. The molecule has 0 aromatic heterocycles. The Hall–Kier alpha value is -1.30. The molecule has 1 atom stereocenters. The molecule has 0 saturated carbocycles. The van der Waals surface area contributed by atoms with Crippen LogP contribution >= 0.6 is 0 Å². The lowest BCUT2D eigenvalue weighted by atomic mass is 10.1. The number of ether oxygens (including phenoxy) is 1. The smallest absolute Gasteiger partial charge is 0.422 e. The second kappa shape index (κ2) is 4.91. The highest BCUT2D eigenvalue weighted by atomic mass is 19.4. The Morgan fingerprint density at radius 3 is 2.41 bits per heavy atom. The van der Waals surface area contributed by atoms with Crippen LogP contribution < -0.4 is 10.5 Å². The number of aryl methyl sites for hydroxylation is 1. The van der Waals surface area contributed by atoms with Gasteiger partial charge >= 0.3 is 6.18 Å². The Balaban J connectivity index is 3.00. The molecule has 17 heavy (non-hydrogen) atoms. The van der Waals surface area contributed by atoms with E-state index in [0.29, 0.717) is 0 Å². The van der Waals surface area contributed by atoms with Crippen molar-refractivity contribution in [3.8, 4) is 5.75 Å². The Morgan fingerprint density at radius 1 is 1.35 bits per heavy atom. The largest absolute Gasteiger partial charge is 0.484 e. The van der Waals surface area contributed by atoms with Gasteiger partial charge in [0.05, 0.1) is 0 Å². The van der Waals surface area contributed by atoms with Crippen LogP contribution in [-0.2, 0) is 0 Å². The summed E-state index contributed by atoms with van der Waals surface area (Å²) in [5.41, 5.74) is 5.98. The monoisotopic (exact) mass is 251 g/mol. The van der Waals surface area contributed by atoms with Gasteiger partial charge in [-0.05, 0) is 31.5 Å². The number of rotatable bonds is 3. The molecule has 0 radical (unpaired) electrons. The maximum atomic E-state index is 13.3. The maximum Gasteiger partial charge on any atom is 0.422 e. The first kappa shape index (κ1) is 13.8. The summed E-state index contributed by atoms with van der Waals surface area (Å²) in [7, 11) is 0. The van der Waals surface area contributed by atoms with Crippen LogP contribution in [0.4, 0.5) is 17.6 Å². The van der Waals surface area contributed by atoms with Crippen molar-refractivity contribution >= 4 is 0 Å². The summed E-state index contributed by atoms with van der Waals surface area (Å²) >= 11 is 0. The van der Waals surface area contributed by atoms with Gasteiger partial charge in [0.2, 0.25) is 0 Å². The van der Waals surface area contributed by atoms with Crippen LogP contribution in [0.25, 0.3) is 0 Å². The molecule has 0 amide bonds. The Kier molecular flexibility index (Phi) is 3.98. The molecule has 0 heterocycles. The van der Waals surface area contributed by atoms with Crippen molar-refractivity contribution in [2.24, 2.45) is 5.73 Å². The second-order valence-corrected chi connectivity index (χ2v) is 3.83. The van der Waals surface area contributed by atoms with Crippen LogP contribution in [-0.4, -0.2) is 12.8 Å². The van der Waals surface area contributed by atoms with Gasteiger partial charge < -0.3 is 10.5 Å². The van der Waals surface area contributed by atoms with Crippen LogP contribution in [0, 0.1) is 12.7 Å². The zero-order valence-corrected chi connectivity index (χ0v) is 9.44. The van der Waals surface area contributed by atoms with E-state index in [-0.39, 0.29) is 16.9 Å². The van der Waals surface area contributed by atoms with Crippen molar-refractivity contribution in [2.45, 2.75) is 26.1 Å². The molecule has 2 nitrogen and oxygen atoms in total. The minimum atomic E-state index is -4.43. The summed E-state index contributed by atoms with van der Waals surface area (Å²) in [6.07, 6.45) is -4.43. The summed E-state index contributed by atoms with van der Waals surface area (Å²) < 4.78 is 54.0. The summed E-state index contributed by atoms with van der Waals surface area (Å²) in [6.45, 7) is 1.57. The van der Waals surface area contributed by atoms with Gasteiger partial charge in [0.25, 0.3) is 0 Å². The molecule has 0 aliphatic rings. The van der Waals surface area contributed by atoms with Gasteiger partial charge in [-0.2, -0.15) is 13.2 Å². The average Bonchev–Trinajstić information content (AvgIpc) is 2.17. The number of nitrogens with two attached hydrogens (primary N) is 1. The average molecular weight is 251 g/mol. The lowest BCUT2D eigenvalue weighted by Gasteiger charge is -2.16. The molecule has 0 saturated heterocycles. The van der Waals surface area contributed by atoms with Crippen molar-refractivity contribution in [1.82, 2.24) is 0 Å². The van der Waals surface area contributed by atoms with E-state index < -0.39 is 24.6 Å². The number of alkyl halides is 3. The molecule has 2 N–H and O–H groups in total. The van der Waals surface area contributed by atoms with E-state index in [1.165, 1.54) is 13.0 Å². The molecule has 0 aliphatic heterocycles. The standard InChI is InChI=1S/C11H13F4NO/c1-6-3-10(17-5-11(13,14)15)8(7(2)16)4-9(6)12/h3-4,7H,5,16H2,1-2H3/t7-/m1/s1. The topological polar surface area (TPSA) is 35.2 Å². The molecule has 0 bridgehead atoms. The van der Waals surface area contributed by atoms with Gasteiger partial charge in [-0.25, -0.2) is 4.39 Å². The van der Waals surface area contributed by atoms with Crippen molar-refractivity contribution in [3.05, 3.63) is 29.1 Å². The van der Waals surface area contributed by atoms with E-state index in [9.17, 15) is 17.6 Å². The van der Waals surface area contributed by atoms with E-state index in [1.807, 2.05) is 0 Å². The first-order chi connectivity index (χ1) is 7.70. The van der Waals surface area contributed by atoms with Gasteiger partial charge in [-0.3, -0.25) is 0 Å². The lowest BCUT2D eigenvalue weighted by Crippen LogP contribution is -2.20. The molecule has 0 spiro atoms. The number of benzene rings is 1. The lowest BCUT2D eigenvalue weighted by molar-refractivity contribution is -0.153. The van der Waals surface area contributed by atoms with E-state index in [0.717, 1.165) is 6.07 Å². The van der Waals surface area contributed by atoms with Crippen molar-refractivity contribution in [3.63, 3.8) is 0 Å². The van der Waals surface area contributed by atoms with E-state index in [4.69, 9.17) is 5.73 Å². The molecule has 0 aliphatic carbocycles. The van der Waals surface area contributed by atoms with Crippen LogP contribution in [0.3, 0.4) is 0 Å². The Morgan fingerprint density at radius 2 is 1.94 bits per heavy atom. The molecule has 96 valence electrons. The minimum absolute atomic E-state index is 0.0313. The molecular formula is C11H13F4NO. The molecule has 6 heteroatoms. The molecular weight excluding hydrogens is 238 g/mol. The molecule has 0 fully saturated rings. The van der Waals surface area contributed by atoms with Gasteiger partial charge in [0, 0.05) is 11.6 Å². The summed E-state index contributed by atoms with van der Waals surface area (Å²) in [6, 6.07) is 1.72. The predicted molar refractivity (Wildman–Crippen MR) is 55.3 cm³/mol. The first-order valence-corrected chi connectivity index (χ1v) is 4.96.